The normalized spacial score (nSPS) is 31.3. The van der Waals surface area contributed by atoms with Crippen molar-refractivity contribution in [3.05, 3.63) is 28.7 Å². The molecule has 1 aliphatic heterocycles. The maximum atomic E-state index is 12.8. The van der Waals surface area contributed by atoms with E-state index in [1.54, 1.807) is 19.3 Å². The number of nitrogens with two attached hydrogens (primary N) is 1. The highest BCUT2D eigenvalue weighted by Crippen LogP contribution is 2.57. The number of hydrogen-bond donors (Lipinski definition) is 2. The van der Waals surface area contributed by atoms with Gasteiger partial charge in [0.05, 0.1) is 11.8 Å². The molecule has 23 heavy (non-hydrogen) atoms. The van der Waals surface area contributed by atoms with Gasteiger partial charge in [-0.3, -0.25) is 9.59 Å². The van der Waals surface area contributed by atoms with Gasteiger partial charge in [-0.15, -0.1) is 12.4 Å². The quantitative estimate of drug-likeness (QED) is 0.848. The second-order valence-electron chi connectivity index (χ2n) is 6.95. The Hall–Kier alpha value is -1.37. The molecular weight excluding hydrogens is 318 g/mol. The van der Waals surface area contributed by atoms with E-state index in [0.717, 1.165) is 19.4 Å². The summed E-state index contributed by atoms with van der Waals surface area (Å²) in [5.41, 5.74) is 5.63. The zero-order valence-corrected chi connectivity index (χ0v) is 14.5. The average molecular weight is 342 g/mol. The van der Waals surface area contributed by atoms with Crippen molar-refractivity contribution in [1.29, 1.82) is 0 Å². The van der Waals surface area contributed by atoms with Crippen LogP contribution in [-0.2, 0) is 16.6 Å². The van der Waals surface area contributed by atoms with E-state index < -0.39 is 11.0 Å². The monoisotopic (exact) mass is 341 g/mol. The van der Waals surface area contributed by atoms with E-state index in [2.05, 4.69) is 5.32 Å². The maximum Gasteiger partial charge on any atom is 0.250 e. The Morgan fingerprint density at radius 2 is 2.13 bits per heavy atom. The van der Waals surface area contributed by atoms with Crippen molar-refractivity contribution in [2.75, 3.05) is 11.9 Å². The molecule has 6 nitrogen and oxygen atoms in total. The van der Waals surface area contributed by atoms with Crippen LogP contribution in [0.3, 0.4) is 0 Å². The van der Waals surface area contributed by atoms with Gasteiger partial charge < -0.3 is 20.4 Å². The summed E-state index contributed by atoms with van der Waals surface area (Å²) in [6.45, 7) is 4.71. The molecule has 1 amide bonds. The number of carbonyl (C=O) groups excluding carboxylic acids is 1. The number of pyridine rings is 1. The summed E-state index contributed by atoms with van der Waals surface area (Å²) in [7, 11) is 1.65. The van der Waals surface area contributed by atoms with Crippen LogP contribution in [-0.4, -0.2) is 28.7 Å². The Morgan fingerprint density at radius 3 is 2.78 bits per heavy atom. The van der Waals surface area contributed by atoms with Gasteiger partial charge in [-0.1, -0.05) is 13.8 Å². The topological polar surface area (TPSA) is 86.3 Å². The van der Waals surface area contributed by atoms with E-state index in [-0.39, 0.29) is 35.9 Å². The van der Waals surface area contributed by atoms with Crippen molar-refractivity contribution in [3.8, 4) is 0 Å². The molecule has 3 rings (SSSR count). The number of nitrogens with one attached hydrogen (secondary N) is 1. The number of ether oxygens (including phenoxy) is 1. The van der Waals surface area contributed by atoms with Crippen molar-refractivity contribution < 1.29 is 9.53 Å². The van der Waals surface area contributed by atoms with E-state index in [1.165, 1.54) is 10.6 Å². The molecule has 0 bridgehead atoms. The first kappa shape index (κ1) is 18.0. The molecule has 2 heterocycles. The minimum atomic E-state index is -0.952. The average Bonchev–Trinajstić information content (AvgIpc) is 2.50. The van der Waals surface area contributed by atoms with Gasteiger partial charge in [-0.05, 0) is 18.9 Å². The Labute approximate surface area is 141 Å². The number of nitrogens with zero attached hydrogens (tertiary/aromatic N) is 1. The molecule has 1 saturated carbocycles. The lowest BCUT2D eigenvalue weighted by molar-refractivity contribution is -0.222. The number of aryl methyl sites for hydroxylation is 1. The van der Waals surface area contributed by atoms with Crippen LogP contribution in [0.2, 0.25) is 0 Å². The number of rotatable bonds is 2. The first-order valence-electron chi connectivity index (χ1n) is 7.67. The standard InChI is InChI=1S/C16H23N3O3.ClH/c1-15(2)13-11(5-4-8-22-13)16(15,17)14(21)18-10-6-7-12(20)19(3)9-10;/h6-7,9,11,13H,4-5,8,17H2,1-3H3,(H,18,21);1H. The molecule has 0 spiro atoms. The summed E-state index contributed by atoms with van der Waals surface area (Å²) >= 11 is 0. The summed E-state index contributed by atoms with van der Waals surface area (Å²) in [6, 6.07) is 3.03. The third-order valence-electron chi connectivity index (χ3n) is 5.40. The van der Waals surface area contributed by atoms with Crippen LogP contribution >= 0.6 is 12.4 Å². The fourth-order valence-electron chi connectivity index (χ4n) is 3.94. The molecule has 7 heteroatoms. The van der Waals surface area contributed by atoms with E-state index in [9.17, 15) is 9.59 Å². The number of hydrogen-bond acceptors (Lipinski definition) is 4. The van der Waals surface area contributed by atoms with Crippen LogP contribution in [0.4, 0.5) is 5.69 Å². The van der Waals surface area contributed by atoms with Gasteiger partial charge in [0.15, 0.2) is 0 Å². The largest absolute Gasteiger partial charge is 0.377 e. The molecule has 3 atom stereocenters. The number of carbonyl (C=O) groups is 1. The van der Waals surface area contributed by atoms with E-state index in [1.807, 2.05) is 13.8 Å². The van der Waals surface area contributed by atoms with Gasteiger partial charge in [-0.2, -0.15) is 0 Å². The second-order valence-corrected chi connectivity index (χ2v) is 6.95. The van der Waals surface area contributed by atoms with E-state index in [0.29, 0.717) is 5.69 Å². The van der Waals surface area contributed by atoms with Gasteiger partial charge in [-0.25, -0.2) is 0 Å². The number of aromatic nitrogens is 1. The molecule has 1 aromatic rings. The Kier molecular flexibility index (Phi) is 4.63. The van der Waals surface area contributed by atoms with E-state index >= 15 is 0 Å². The predicted octanol–water partition coefficient (Wildman–Crippen LogP) is 1.28. The third-order valence-corrected chi connectivity index (χ3v) is 5.40. The van der Waals surface area contributed by atoms with Crippen LogP contribution in [0.5, 0.6) is 0 Å². The fraction of sp³-hybridized carbons (Fsp3) is 0.625. The van der Waals surface area contributed by atoms with Crippen molar-refractivity contribution in [3.63, 3.8) is 0 Å². The molecule has 1 saturated heterocycles. The molecule has 2 fully saturated rings. The van der Waals surface area contributed by atoms with Crippen LogP contribution in [0.25, 0.3) is 0 Å². The molecule has 1 aliphatic carbocycles. The van der Waals surface area contributed by atoms with Gasteiger partial charge in [0.2, 0.25) is 11.5 Å². The lowest BCUT2D eigenvalue weighted by Gasteiger charge is -2.65. The van der Waals surface area contributed by atoms with Crippen molar-refractivity contribution in [1.82, 2.24) is 4.57 Å². The molecule has 1 aromatic heterocycles. The fourth-order valence-corrected chi connectivity index (χ4v) is 3.94. The summed E-state index contributed by atoms with van der Waals surface area (Å²) in [5.74, 6) is -0.160. The van der Waals surface area contributed by atoms with Crippen LogP contribution in [0.1, 0.15) is 26.7 Å². The number of amides is 1. The zero-order chi connectivity index (χ0) is 16.1. The number of fused-ring (bicyclic) bond motifs is 1. The predicted molar refractivity (Wildman–Crippen MR) is 90.7 cm³/mol. The van der Waals surface area contributed by atoms with Gasteiger partial charge in [0, 0.05) is 37.3 Å². The molecule has 3 unspecified atom stereocenters. The Bertz CT molecular complexity index is 673. The summed E-state index contributed by atoms with van der Waals surface area (Å²) in [5, 5.41) is 2.86. The lowest BCUT2D eigenvalue weighted by Crippen LogP contribution is -2.81. The number of halogens is 1. The van der Waals surface area contributed by atoms with Crippen molar-refractivity contribution in [2.45, 2.75) is 38.3 Å². The molecule has 128 valence electrons. The maximum absolute atomic E-state index is 12.8. The van der Waals surface area contributed by atoms with Gasteiger partial charge in [0.1, 0.15) is 5.54 Å². The van der Waals surface area contributed by atoms with Crippen LogP contribution in [0.15, 0.2) is 23.1 Å². The van der Waals surface area contributed by atoms with Gasteiger partial charge in [0.25, 0.3) is 0 Å². The van der Waals surface area contributed by atoms with Crippen molar-refractivity contribution in [2.24, 2.45) is 24.1 Å². The Balaban J connectivity index is 0.00000192. The summed E-state index contributed by atoms with van der Waals surface area (Å²) in [4.78, 5) is 24.2. The Morgan fingerprint density at radius 1 is 1.43 bits per heavy atom. The minimum absolute atomic E-state index is 0. The van der Waals surface area contributed by atoms with Crippen molar-refractivity contribution >= 4 is 24.0 Å². The van der Waals surface area contributed by atoms with Crippen LogP contribution in [0, 0.1) is 11.3 Å². The lowest BCUT2D eigenvalue weighted by atomic mass is 9.46. The highest BCUT2D eigenvalue weighted by molar-refractivity contribution is 6.00. The molecule has 0 aromatic carbocycles. The highest BCUT2D eigenvalue weighted by Gasteiger charge is 2.70. The number of anilines is 1. The van der Waals surface area contributed by atoms with E-state index in [4.69, 9.17) is 10.5 Å². The summed E-state index contributed by atoms with van der Waals surface area (Å²) < 4.78 is 7.25. The third kappa shape index (κ3) is 2.49. The SMILES string of the molecule is Cl.Cn1cc(NC(=O)C2(N)C3CCCOC3C2(C)C)ccc1=O. The zero-order valence-electron chi connectivity index (χ0n) is 13.7. The second kappa shape index (κ2) is 5.92. The van der Waals surface area contributed by atoms with Gasteiger partial charge >= 0.3 is 0 Å². The molecule has 2 aliphatic rings. The van der Waals surface area contributed by atoms with Crippen LogP contribution < -0.4 is 16.6 Å². The molecular formula is C16H24ClN3O3. The first-order valence-corrected chi connectivity index (χ1v) is 7.67. The highest BCUT2D eigenvalue weighted by atomic mass is 35.5. The first-order chi connectivity index (χ1) is 10.3. The summed E-state index contributed by atoms with van der Waals surface area (Å²) in [6.07, 6.45) is 3.48. The molecule has 3 N–H and O–H groups in total. The minimum Gasteiger partial charge on any atom is -0.377 e. The smallest absolute Gasteiger partial charge is 0.250 e. The molecule has 0 radical (unpaired) electrons.